The Morgan fingerprint density at radius 2 is 1.84 bits per heavy atom. The van der Waals surface area contributed by atoms with Crippen LogP contribution in [0.3, 0.4) is 0 Å². The SMILES string of the molecule is CN(C)c1ccc(C(=O)Nc2nc(-c3cc(Cl)ccc3Cl)cs2)cc1. The van der Waals surface area contributed by atoms with Crippen LogP contribution in [0.5, 0.6) is 0 Å². The highest BCUT2D eigenvalue weighted by atomic mass is 35.5. The van der Waals surface area contributed by atoms with Crippen LogP contribution < -0.4 is 10.2 Å². The second kappa shape index (κ2) is 7.44. The van der Waals surface area contributed by atoms with Crippen LogP contribution >= 0.6 is 34.5 Å². The normalized spacial score (nSPS) is 10.6. The van der Waals surface area contributed by atoms with Crippen LogP contribution in [0.1, 0.15) is 10.4 Å². The highest BCUT2D eigenvalue weighted by Crippen LogP contribution is 2.32. The summed E-state index contributed by atoms with van der Waals surface area (Å²) < 4.78 is 0. The monoisotopic (exact) mass is 391 g/mol. The molecule has 0 aliphatic rings. The first-order chi connectivity index (χ1) is 11.9. The molecule has 1 heterocycles. The summed E-state index contributed by atoms with van der Waals surface area (Å²) in [5.74, 6) is -0.205. The third-order valence-electron chi connectivity index (χ3n) is 3.57. The average Bonchev–Trinajstić information content (AvgIpc) is 3.05. The second-order valence-corrected chi connectivity index (χ2v) is 7.26. The van der Waals surface area contributed by atoms with Gasteiger partial charge in [0.2, 0.25) is 0 Å². The summed E-state index contributed by atoms with van der Waals surface area (Å²) >= 11 is 13.6. The summed E-state index contributed by atoms with van der Waals surface area (Å²) in [7, 11) is 3.90. The topological polar surface area (TPSA) is 45.2 Å². The van der Waals surface area contributed by atoms with Crippen LogP contribution in [0, 0.1) is 0 Å². The molecule has 25 heavy (non-hydrogen) atoms. The molecule has 0 saturated carbocycles. The standard InChI is InChI=1S/C18H15Cl2N3OS/c1-23(2)13-6-3-11(4-7-13)17(24)22-18-21-16(10-25-18)14-9-12(19)5-8-15(14)20/h3-10H,1-2H3,(H,21,22,24). The number of amides is 1. The zero-order valence-corrected chi connectivity index (χ0v) is 15.9. The van der Waals surface area contributed by atoms with E-state index in [1.54, 1.807) is 30.3 Å². The van der Waals surface area contributed by atoms with Crippen LogP contribution in [0.4, 0.5) is 10.8 Å². The van der Waals surface area contributed by atoms with Gasteiger partial charge in [-0.3, -0.25) is 10.1 Å². The van der Waals surface area contributed by atoms with E-state index in [4.69, 9.17) is 23.2 Å². The Hall–Kier alpha value is -2.08. The zero-order chi connectivity index (χ0) is 18.0. The van der Waals surface area contributed by atoms with Gasteiger partial charge >= 0.3 is 0 Å². The molecule has 0 aliphatic carbocycles. The summed E-state index contributed by atoms with van der Waals surface area (Å²) in [6.45, 7) is 0. The van der Waals surface area contributed by atoms with Gasteiger partial charge in [0.15, 0.2) is 5.13 Å². The molecule has 0 saturated heterocycles. The Labute approximate surface area is 160 Å². The maximum Gasteiger partial charge on any atom is 0.257 e. The van der Waals surface area contributed by atoms with Crippen LogP contribution in [0.15, 0.2) is 47.8 Å². The molecule has 0 spiro atoms. The van der Waals surface area contributed by atoms with E-state index in [-0.39, 0.29) is 5.91 Å². The Bertz CT molecular complexity index is 907. The number of rotatable bonds is 4. The molecule has 4 nitrogen and oxygen atoms in total. The zero-order valence-electron chi connectivity index (χ0n) is 13.6. The first-order valence-corrected chi connectivity index (χ1v) is 9.07. The number of nitrogens with zero attached hydrogens (tertiary/aromatic N) is 2. The third kappa shape index (κ3) is 4.12. The molecular weight excluding hydrogens is 377 g/mol. The van der Waals surface area contributed by atoms with Crippen molar-refractivity contribution in [2.24, 2.45) is 0 Å². The van der Waals surface area contributed by atoms with Crippen LogP contribution in [0.2, 0.25) is 10.0 Å². The van der Waals surface area contributed by atoms with Crippen molar-refractivity contribution in [3.63, 3.8) is 0 Å². The number of nitrogens with one attached hydrogen (secondary N) is 1. The molecule has 3 aromatic rings. The van der Waals surface area contributed by atoms with Gasteiger partial charge in [-0.05, 0) is 42.5 Å². The van der Waals surface area contributed by atoms with Crippen molar-refractivity contribution >= 4 is 51.3 Å². The van der Waals surface area contributed by atoms with E-state index in [0.717, 1.165) is 11.3 Å². The molecule has 1 aromatic heterocycles. The molecule has 1 amide bonds. The first-order valence-electron chi connectivity index (χ1n) is 7.44. The van der Waals surface area contributed by atoms with Crippen molar-refractivity contribution in [3.8, 4) is 11.3 Å². The van der Waals surface area contributed by atoms with E-state index >= 15 is 0 Å². The number of carbonyl (C=O) groups is 1. The summed E-state index contributed by atoms with van der Waals surface area (Å²) in [6, 6.07) is 12.6. The fourth-order valence-corrected chi connectivity index (χ4v) is 3.32. The number of hydrogen-bond acceptors (Lipinski definition) is 4. The minimum atomic E-state index is -0.205. The van der Waals surface area contributed by atoms with Gasteiger partial charge in [-0.1, -0.05) is 23.2 Å². The maximum atomic E-state index is 12.4. The van der Waals surface area contributed by atoms with Crippen molar-refractivity contribution in [1.82, 2.24) is 4.98 Å². The average molecular weight is 392 g/mol. The molecule has 0 unspecified atom stereocenters. The number of benzene rings is 2. The smallest absolute Gasteiger partial charge is 0.257 e. The molecule has 128 valence electrons. The van der Waals surface area contributed by atoms with Crippen molar-refractivity contribution in [2.75, 3.05) is 24.3 Å². The Morgan fingerprint density at radius 1 is 1.12 bits per heavy atom. The Balaban J connectivity index is 1.77. The largest absolute Gasteiger partial charge is 0.378 e. The maximum absolute atomic E-state index is 12.4. The van der Waals surface area contributed by atoms with E-state index in [2.05, 4.69) is 10.3 Å². The van der Waals surface area contributed by atoms with Crippen molar-refractivity contribution in [3.05, 3.63) is 63.5 Å². The van der Waals surface area contributed by atoms with Crippen LogP contribution in [0.25, 0.3) is 11.3 Å². The first kappa shape index (κ1) is 17.7. The van der Waals surface area contributed by atoms with E-state index in [1.807, 2.05) is 36.5 Å². The lowest BCUT2D eigenvalue weighted by Crippen LogP contribution is -2.13. The van der Waals surface area contributed by atoms with Gasteiger partial charge in [0.1, 0.15) is 0 Å². The molecule has 0 aliphatic heterocycles. The van der Waals surface area contributed by atoms with Gasteiger partial charge in [-0.15, -0.1) is 11.3 Å². The van der Waals surface area contributed by atoms with E-state index in [9.17, 15) is 4.79 Å². The Kier molecular flexibility index (Phi) is 5.27. The van der Waals surface area contributed by atoms with Crippen molar-refractivity contribution in [2.45, 2.75) is 0 Å². The summed E-state index contributed by atoms with van der Waals surface area (Å²) in [5.41, 5.74) is 3.02. The second-order valence-electron chi connectivity index (χ2n) is 5.56. The summed E-state index contributed by atoms with van der Waals surface area (Å²) in [4.78, 5) is 18.8. The summed E-state index contributed by atoms with van der Waals surface area (Å²) in [6.07, 6.45) is 0. The number of halogens is 2. The molecule has 2 aromatic carbocycles. The lowest BCUT2D eigenvalue weighted by Gasteiger charge is -2.12. The molecule has 3 rings (SSSR count). The lowest BCUT2D eigenvalue weighted by atomic mass is 10.2. The van der Waals surface area contributed by atoms with Gasteiger partial charge in [-0.25, -0.2) is 4.98 Å². The highest BCUT2D eigenvalue weighted by Gasteiger charge is 2.12. The van der Waals surface area contributed by atoms with E-state index in [0.29, 0.717) is 26.4 Å². The van der Waals surface area contributed by atoms with E-state index in [1.165, 1.54) is 11.3 Å². The molecule has 0 bridgehead atoms. The van der Waals surface area contributed by atoms with Gasteiger partial charge in [0.25, 0.3) is 5.91 Å². The van der Waals surface area contributed by atoms with Gasteiger partial charge < -0.3 is 4.90 Å². The number of carbonyl (C=O) groups excluding carboxylic acids is 1. The predicted molar refractivity (Wildman–Crippen MR) is 106 cm³/mol. The van der Waals surface area contributed by atoms with E-state index < -0.39 is 0 Å². The number of anilines is 2. The predicted octanol–water partition coefficient (Wildman–Crippen LogP) is 5.44. The molecule has 1 N–H and O–H groups in total. The minimum Gasteiger partial charge on any atom is -0.378 e. The fraction of sp³-hybridized carbons (Fsp3) is 0.111. The number of aromatic nitrogens is 1. The highest BCUT2D eigenvalue weighted by molar-refractivity contribution is 7.14. The quantitative estimate of drug-likeness (QED) is 0.644. The summed E-state index contributed by atoms with van der Waals surface area (Å²) in [5, 5.41) is 6.30. The number of hydrogen-bond donors (Lipinski definition) is 1. The fourth-order valence-electron chi connectivity index (χ4n) is 2.23. The van der Waals surface area contributed by atoms with Gasteiger partial charge in [0, 0.05) is 41.3 Å². The lowest BCUT2D eigenvalue weighted by molar-refractivity contribution is 0.102. The number of thiazole rings is 1. The molecule has 0 atom stereocenters. The van der Waals surface area contributed by atoms with Crippen LogP contribution in [-0.4, -0.2) is 25.0 Å². The minimum absolute atomic E-state index is 0.205. The van der Waals surface area contributed by atoms with Gasteiger partial charge in [0.05, 0.1) is 10.7 Å². The molecule has 0 radical (unpaired) electrons. The van der Waals surface area contributed by atoms with Crippen molar-refractivity contribution in [1.29, 1.82) is 0 Å². The van der Waals surface area contributed by atoms with Crippen LogP contribution in [-0.2, 0) is 0 Å². The van der Waals surface area contributed by atoms with Crippen molar-refractivity contribution < 1.29 is 4.79 Å². The van der Waals surface area contributed by atoms with Gasteiger partial charge in [-0.2, -0.15) is 0 Å². The Morgan fingerprint density at radius 3 is 2.52 bits per heavy atom. The third-order valence-corrected chi connectivity index (χ3v) is 4.90. The molecule has 0 fully saturated rings. The molecule has 7 heteroatoms. The molecular formula is C18H15Cl2N3OS.